The van der Waals surface area contributed by atoms with Crippen LogP contribution in [0, 0.1) is 24.0 Å². The second kappa shape index (κ2) is 9.69. The number of hydrogen-bond donors (Lipinski definition) is 1. The van der Waals surface area contributed by atoms with Crippen LogP contribution in [0.1, 0.15) is 30.5 Å². The fourth-order valence-electron chi connectivity index (χ4n) is 7.53. The molecule has 3 saturated heterocycles. The molecule has 0 amide bonds. The standard InChI is InChI=1S/C32H28F3N5O3/c1-2-21-23(34)5-4-17-10-20(41)12-22(25(17)21)28-27(35)29-26-24(36-28)11-19-15-42-9-8-40(19)30(26)38-31(37-29)43-16-32-6-3-7-39(32)14-18(33)13-32/h1,4-5,10,12,18-19,41H,3,6-9,11,13-16H2/t18-,19?,32+/m1/s1. The zero-order chi connectivity index (χ0) is 29.5. The highest BCUT2D eigenvalue weighted by Gasteiger charge is 2.49. The Balaban J connectivity index is 1.32. The van der Waals surface area contributed by atoms with Crippen molar-refractivity contribution >= 4 is 27.5 Å². The number of halogens is 3. The number of ether oxygens (including phenoxy) is 2. The lowest BCUT2D eigenvalue weighted by molar-refractivity contribution is 0.0921. The first-order valence-electron chi connectivity index (χ1n) is 14.5. The van der Waals surface area contributed by atoms with Gasteiger partial charge in [-0.3, -0.25) is 4.90 Å². The molecule has 0 radical (unpaired) electrons. The van der Waals surface area contributed by atoms with E-state index in [0.29, 0.717) is 61.4 Å². The molecule has 2 aromatic heterocycles. The summed E-state index contributed by atoms with van der Waals surface area (Å²) in [5, 5.41) is 11.8. The van der Waals surface area contributed by atoms with Crippen molar-refractivity contribution < 1.29 is 27.8 Å². The Kier molecular flexibility index (Phi) is 5.97. The number of anilines is 1. The minimum absolute atomic E-state index is 0.00343. The zero-order valence-corrected chi connectivity index (χ0v) is 23.2. The number of terminal acetylenes is 1. The highest BCUT2D eigenvalue weighted by molar-refractivity contribution is 6.03. The number of hydrogen-bond acceptors (Lipinski definition) is 8. The van der Waals surface area contributed by atoms with Gasteiger partial charge in [0, 0.05) is 36.9 Å². The molecule has 1 unspecified atom stereocenters. The van der Waals surface area contributed by atoms with Crippen LogP contribution in [0.5, 0.6) is 11.8 Å². The van der Waals surface area contributed by atoms with E-state index in [1.54, 1.807) is 0 Å². The summed E-state index contributed by atoms with van der Waals surface area (Å²) in [5.41, 5.74) is 0.137. The molecule has 4 aliphatic rings. The van der Waals surface area contributed by atoms with Crippen LogP contribution in [0.2, 0.25) is 0 Å². The number of aromatic hydroxyl groups is 1. The summed E-state index contributed by atoms with van der Waals surface area (Å²) >= 11 is 0. The van der Waals surface area contributed by atoms with Crippen LogP contribution in [0.4, 0.5) is 19.0 Å². The number of pyridine rings is 1. The second-order valence-electron chi connectivity index (χ2n) is 11.9. The molecular formula is C32H28F3N5O3. The van der Waals surface area contributed by atoms with Crippen LogP contribution < -0.4 is 9.64 Å². The van der Waals surface area contributed by atoms with Crippen molar-refractivity contribution in [3.8, 4) is 35.4 Å². The average molecular weight is 588 g/mol. The van der Waals surface area contributed by atoms with E-state index in [1.165, 1.54) is 24.3 Å². The Morgan fingerprint density at radius 3 is 2.91 bits per heavy atom. The maximum absolute atomic E-state index is 16.7. The largest absolute Gasteiger partial charge is 0.508 e. The van der Waals surface area contributed by atoms with E-state index in [2.05, 4.69) is 20.7 Å². The summed E-state index contributed by atoms with van der Waals surface area (Å²) in [5.74, 6) is 1.35. The number of fused-ring (bicyclic) bond motifs is 4. The van der Waals surface area contributed by atoms with Crippen molar-refractivity contribution in [1.29, 1.82) is 0 Å². The minimum atomic E-state index is -0.917. The predicted molar refractivity (Wildman–Crippen MR) is 154 cm³/mol. The molecule has 4 aromatic rings. The molecule has 3 atom stereocenters. The third kappa shape index (κ3) is 4.03. The van der Waals surface area contributed by atoms with Gasteiger partial charge in [-0.2, -0.15) is 9.97 Å². The van der Waals surface area contributed by atoms with E-state index in [9.17, 15) is 13.9 Å². The Morgan fingerprint density at radius 2 is 2.05 bits per heavy atom. The highest BCUT2D eigenvalue weighted by atomic mass is 19.1. The van der Waals surface area contributed by atoms with Gasteiger partial charge in [-0.25, -0.2) is 18.2 Å². The Labute approximate surface area is 245 Å². The third-order valence-electron chi connectivity index (χ3n) is 9.43. The highest BCUT2D eigenvalue weighted by Crippen LogP contribution is 2.44. The number of aromatic nitrogens is 3. The van der Waals surface area contributed by atoms with Gasteiger partial charge in [0.05, 0.1) is 41.4 Å². The summed E-state index contributed by atoms with van der Waals surface area (Å²) in [7, 11) is 0. The first-order valence-corrected chi connectivity index (χ1v) is 14.5. The zero-order valence-electron chi connectivity index (χ0n) is 23.2. The summed E-state index contributed by atoms with van der Waals surface area (Å²) in [6, 6.07) is 5.39. The van der Waals surface area contributed by atoms with Crippen LogP contribution >= 0.6 is 0 Å². The first kappa shape index (κ1) is 26.5. The summed E-state index contributed by atoms with van der Waals surface area (Å²) in [4.78, 5) is 18.3. The average Bonchev–Trinajstić information content (AvgIpc) is 3.53. The van der Waals surface area contributed by atoms with Gasteiger partial charge >= 0.3 is 6.01 Å². The SMILES string of the molecule is C#Cc1c(F)ccc2cc(O)cc(-c3nc4c5c(nc(OC[C@@]67CCCN6C[C@H](F)C7)nc5c3F)N3CCOCC3C4)c12. The minimum Gasteiger partial charge on any atom is -0.508 e. The molecule has 0 aliphatic carbocycles. The second-order valence-corrected chi connectivity index (χ2v) is 11.9. The van der Waals surface area contributed by atoms with Crippen LogP contribution in [0.15, 0.2) is 24.3 Å². The van der Waals surface area contributed by atoms with Crippen LogP contribution in [0.25, 0.3) is 32.9 Å². The molecule has 8 rings (SSSR count). The van der Waals surface area contributed by atoms with E-state index in [0.717, 1.165) is 19.4 Å². The molecule has 43 heavy (non-hydrogen) atoms. The Morgan fingerprint density at radius 1 is 1.16 bits per heavy atom. The normalized spacial score (nSPS) is 24.7. The van der Waals surface area contributed by atoms with Crippen molar-refractivity contribution in [2.45, 2.75) is 43.4 Å². The molecule has 220 valence electrons. The molecule has 0 saturated carbocycles. The Hall–Kier alpha value is -4.14. The molecular weight excluding hydrogens is 559 g/mol. The van der Waals surface area contributed by atoms with Crippen LogP contribution in [0.3, 0.4) is 0 Å². The van der Waals surface area contributed by atoms with E-state index in [4.69, 9.17) is 25.9 Å². The number of alkyl halides is 1. The smallest absolute Gasteiger partial charge is 0.319 e. The van der Waals surface area contributed by atoms with E-state index in [-0.39, 0.29) is 52.1 Å². The monoisotopic (exact) mass is 587 g/mol. The molecule has 6 heterocycles. The maximum atomic E-state index is 16.7. The van der Waals surface area contributed by atoms with Crippen molar-refractivity contribution in [1.82, 2.24) is 19.9 Å². The van der Waals surface area contributed by atoms with E-state index < -0.39 is 23.3 Å². The van der Waals surface area contributed by atoms with Gasteiger partial charge in [-0.05, 0) is 43.0 Å². The number of rotatable bonds is 4. The van der Waals surface area contributed by atoms with Gasteiger partial charge in [-0.15, -0.1) is 6.42 Å². The summed E-state index contributed by atoms with van der Waals surface area (Å²) in [6.45, 7) is 2.88. The number of phenolic OH excluding ortho intramolecular Hbond substituents is 1. The van der Waals surface area contributed by atoms with Crippen molar-refractivity contribution in [3.63, 3.8) is 0 Å². The summed E-state index contributed by atoms with van der Waals surface area (Å²) in [6.07, 6.45) is 7.37. The van der Waals surface area contributed by atoms with E-state index >= 15 is 4.39 Å². The molecule has 0 bridgehead atoms. The molecule has 0 spiro atoms. The van der Waals surface area contributed by atoms with Crippen LogP contribution in [-0.4, -0.2) is 82.2 Å². The van der Waals surface area contributed by atoms with Gasteiger partial charge in [0.15, 0.2) is 5.82 Å². The summed E-state index contributed by atoms with van der Waals surface area (Å²) < 4.78 is 57.9. The van der Waals surface area contributed by atoms with Gasteiger partial charge in [0.25, 0.3) is 0 Å². The molecule has 8 nitrogen and oxygen atoms in total. The predicted octanol–water partition coefficient (Wildman–Crippen LogP) is 4.53. The quantitative estimate of drug-likeness (QED) is 0.349. The molecule has 3 fully saturated rings. The topological polar surface area (TPSA) is 83.8 Å². The maximum Gasteiger partial charge on any atom is 0.319 e. The molecule has 4 aliphatic heterocycles. The lowest BCUT2D eigenvalue weighted by Crippen LogP contribution is -2.49. The van der Waals surface area contributed by atoms with Gasteiger partial charge < -0.3 is 19.5 Å². The molecule has 1 N–H and O–H groups in total. The third-order valence-corrected chi connectivity index (χ3v) is 9.43. The van der Waals surface area contributed by atoms with Gasteiger partial charge in [-0.1, -0.05) is 12.0 Å². The van der Waals surface area contributed by atoms with Crippen molar-refractivity contribution in [3.05, 3.63) is 47.2 Å². The fraction of sp³-hybridized carbons (Fsp3) is 0.406. The van der Waals surface area contributed by atoms with Gasteiger partial charge in [0.2, 0.25) is 0 Å². The number of phenols is 1. The Bertz CT molecular complexity index is 1860. The van der Waals surface area contributed by atoms with E-state index in [1.807, 2.05) is 0 Å². The van der Waals surface area contributed by atoms with Crippen molar-refractivity contribution in [2.24, 2.45) is 0 Å². The van der Waals surface area contributed by atoms with Gasteiger partial charge in [0.1, 0.15) is 41.4 Å². The molecule has 11 heteroatoms. The lowest BCUT2D eigenvalue weighted by atomic mass is 9.94. The molecule has 2 aromatic carbocycles. The fourth-order valence-corrected chi connectivity index (χ4v) is 7.53. The van der Waals surface area contributed by atoms with Crippen molar-refractivity contribution in [2.75, 3.05) is 44.4 Å². The number of benzene rings is 2. The first-order chi connectivity index (χ1) is 20.8. The number of nitrogens with zero attached hydrogens (tertiary/aromatic N) is 5. The van der Waals surface area contributed by atoms with Crippen LogP contribution in [-0.2, 0) is 11.2 Å². The lowest BCUT2D eigenvalue weighted by Gasteiger charge is -2.40. The number of morpholine rings is 1.